The molecule has 484 valence electrons. The Morgan fingerprint density at radius 2 is 0.890 bits per heavy atom. The molecule has 6 heterocycles. The number of hydrogen-bond acceptors (Lipinski definition) is 20. The number of carbonyl (C=O) groups excluding carboxylic acids is 5. The highest BCUT2D eigenvalue weighted by Gasteiger charge is 2.31. The lowest BCUT2D eigenvalue weighted by Gasteiger charge is -2.34. The lowest BCUT2D eigenvalue weighted by Crippen LogP contribution is -2.50. The molecule has 3 saturated heterocycles. The maximum absolute atomic E-state index is 13.5. The van der Waals surface area contributed by atoms with Gasteiger partial charge in [-0.25, -0.2) is 42.9 Å². The molecular weight excluding hydrogens is 1180 g/mol. The summed E-state index contributed by atoms with van der Waals surface area (Å²) in [5.41, 5.74) is 9.65. The summed E-state index contributed by atoms with van der Waals surface area (Å²) in [6.07, 6.45) is 2.67. The largest absolute Gasteiger partial charge is 0.475 e. The number of oxazole rings is 3. The van der Waals surface area contributed by atoms with Crippen molar-refractivity contribution in [2.24, 2.45) is 0 Å². The van der Waals surface area contributed by atoms with Crippen molar-refractivity contribution in [3.05, 3.63) is 144 Å². The summed E-state index contributed by atoms with van der Waals surface area (Å²) in [5.74, 6) is -2.23. The van der Waals surface area contributed by atoms with Crippen LogP contribution in [-0.2, 0) is 27.1 Å². The number of amides is 3. The van der Waals surface area contributed by atoms with Crippen molar-refractivity contribution in [1.82, 2.24) is 30.1 Å². The molecule has 10 rings (SSSR count). The SMILES string of the molecule is CC(C)(C)OC(=O)N1CCN(c2ncc(C(=O)O)o2)CC1.CC(C)(C)OC(=O)Nc1ccc(-c2ccc(F)cc2)cc1CC(=O)c1cnc(N2CCN(C(=O)OC(C)(C)C)CC2)o1.Nc1ccc(-c2ccc(F)cc2)cc1CC(=O)c1cnc(N2CCNCC2)o1. The molecule has 0 spiro atoms. The van der Waals surface area contributed by atoms with Crippen LogP contribution in [0.1, 0.15) is 105 Å². The monoisotopic (exact) mass is 1260 g/mol. The third kappa shape index (κ3) is 19.6. The Bertz CT molecular complexity index is 3660. The molecule has 0 aliphatic carbocycles. The Balaban J connectivity index is 0.000000188. The van der Waals surface area contributed by atoms with Gasteiger partial charge < -0.3 is 68.1 Å². The smallest absolute Gasteiger partial charge is 0.412 e. The number of aromatic nitrogens is 3. The highest BCUT2D eigenvalue weighted by atomic mass is 19.1. The van der Waals surface area contributed by atoms with Gasteiger partial charge in [-0.2, -0.15) is 0 Å². The Kier molecular flexibility index (Phi) is 21.5. The Hall–Kier alpha value is -9.85. The standard InChI is InChI=1S/C31H37FN4O6.C21H21FN4O2.C13H19N3O5/c1-30(2,3)41-28(38)34-24-12-9-21(20-7-10-23(32)11-8-20)17-22(24)18-25(37)26-19-33-27(40-26)35-13-15-36(16-14-35)29(39)42-31(4,5)6;22-17-4-1-14(2-5-17)15-3-6-18(23)16(11-15)12-19(27)20-13-25-21(28-20)26-9-7-24-8-10-26;1-13(2,3)21-12(19)16-6-4-15(5-7-16)11-14-8-9(20-11)10(17)18/h7-12,17,19H,13-16,18H2,1-6H3,(H,34,38);1-6,11,13,24H,7-10,12,23H2;8H,4-7H2,1-3H3,(H,17,18). The number of nitrogens with zero attached hydrogens (tertiary/aromatic N) is 8. The summed E-state index contributed by atoms with van der Waals surface area (Å²) < 4.78 is 59.4. The highest BCUT2D eigenvalue weighted by Crippen LogP contribution is 2.30. The fourth-order valence-electron chi connectivity index (χ4n) is 9.46. The van der Waals surface area contributed by atoms with Crippen LogP contribution in [-0.4, -0.2) is 161 Å². The van der Waals surface area contributed by atoms with Gasteiger partial charge in [-0.15, -0.1) is 0 Å². The fraction of sp³-hybridized carbons (Fsp3) is 0.400. The topological polar surface area (TPSA) is 295 Å². The van der Waals surface area contributed by atoms with Crippen molar-refractivity contribution in [2.45, 2.75) is 92.0 Å². The molecule has 0 saturated carbocycles. The average Bonchev–Trinajstić information content (AvgIpc) is 1.91. The minimum absolute atomic E-state index is 0.0648. The van der Waals surface area contributed by atoms with Gasteiger partial charge in [0.05, 0.1) is 18.6 Å². The van der Waals surface area contributed by atoms with Gasteiger partial charge in [0.2, 0.25) is 17.3 Å². The fourth-order valence-corrected chi connectivity index (χ4v) is 9.46. The summed E-state index contributed by atoms with van der Waals surface area (Å²) in [4.78, 5) is 94.9. The second-order valence-electron chi connectivity index (χ2n) is 24.6. The van der Waals surface area contributed by atoms with Crippen LogP contribution in [0.25, 0.3) is 22.3 Å². The van der Waals surface area contributed by atoms with Gasteiger partial charge in [0.1, 0.15) is 28.4 Å². The number of hydrogen-bond donors (Lipinski definition) is 4. The van der Waals surface area contributed by atoms with Crippen LogP contribution >= 0.6 is 0 Å². The van der Waals surface area contributed by atoms with Crippen molar-refractivity contribution < 1.29 is 70.1 Å². The van der Waals surface area contributed by atoms with Crippen LogP contribution in [0.15, 0.2) is 117 Å². The van der Waals surface area contributed by atoms with E-state index in [0.29, 0.717) is 80.9 Å². The number of carboxylic acids is 1. The van der Waals surface area contributed by atoms with Gasteiger partial charge in [0.15, 0.2) is 11.5 Å². The molecule has 3 aromatic heterocycles. The number of nitrogens with one attached hydrogen (secondary N) is 2. The van der Waals surface area contributed by atoms with Crippen LogP contribution < -0.4 is 31.1 Å². The first-order chi connectivity index (χ1) is 43.0. The van der Waals surface area contributed by atoms with E-state index in [2.05, 4.69) is 25.6 Å². The number of halogens is 2. The van der Waals surface area contributed by atoms with Crippen molar-refractivity contribution in [1.29, 1.82) is 0 Å². The van der Waals surface area contributed by atoms with Crippen LogP contribution in [0, 0.1) is 11.6 Å². The van der Waals surface area contributed by atoms with E-state index in [1.807, 2.05) is 63.5 Å². The number of piperazine rings is 3. The lowest BCUT2D eigenvalue weighted by atomic mass is 9.98. The summed E-state index contributed by atoms with van der Waals surface area (Å²) in [7, 11) is 0. The van der Waals surface area contributed by atoms with E-state index >= 15 is 0 Å². The number of Topliss-reactive ketones (excluding diaryl/α,β-unsaturated/α-hetero) is 2. The van der Waals surface area contributed by atoms with E-state index in [1.165, 1.54) is 42.9 Å². The van der Waals surface area contributed by atoms with E-state index in [4.69, 9.17) is 38.3 Å². The number of ether oxygens (including phenoxy) is 3. The normalized spacial score (nSPS) is 14.5. The molecule has 3 amide bonds. The van der Waals surface area contributed by atoms with Gasteiger partial charge in [0, 0.05) is 103 Å². The molecule has 91 heavy (non-hydrogen) atoms. The van der Waals surface area contributed by atoms with Crippen LogP contribution in [0.3, 0.4) is 0 Å². The second kappa shape index (κ2) is 29.2. The lowest BCUT2D eigenvalue weighted by molar-refractivity contribution is 0.0228. The molecule has 4 aromatic carbocycles. The number of carboxylic acid groups (broad SMARTS) is 1. The van der Waals surface area contributed by atoms with E-state index < -0.39 is 28.9 Å². The molecule has 0 bridgehead atoms. The molecule has 3 fully saturated rings. The van der Waals surface area contributed by atoms with Gasteiger partial charge in [0.25, 0.3) is 18.0 Å². The molecule has 0 radical (unpaired) electrons. The van der Waals surface area contributed by atoms with Gasteiger partial charge >= 0.3 is 24.2 Å². The predicted octanol–water partition coefficient (Wildman–Crippen LogP) is 10.6. The third-order valence-electron chi connectivity index (χ3n) is 14.0. The third-order valence-corrected chi connectivity index (χ3v) is 14.0. The zero-order chi connectivity index (χ0) is 65.8. The summed E-state index contributed by atoms with van der Waals surface area (Å²) in [6.45, 7) is 23.3. The first-order valence-corrected chi connectivity index (χ1v) is 29.6. The number of rotatable bonds is 13. The molecule has 26 heteroatoms. The Morgan fingerprint density at radius 3 is 1.31 bits per heavy atom. The minimum atomic E-state index is -1.15. The molecule has 3 aliphatic heterocycles. The zero-order valence-electron chi connectivity index (χ0n) is 52.5. The number of ketones is 2. The summed E-state index contributed by atoms with van der Waals surface area (Å²) in [5, 5.41) is 14.8. The average molecular weight is 1260 g/mol. The Labute approximate surface area is 525 Å². The van der Waals surface area contributed by atoms with Gasteiger partial charge in [-0.05, 0) is 144 Å². The van der Waals surface area contributed by atoms with E-state index in [1.54, 1.807) is 84.0 Å². The predicted molar refractivity (Wildman–Crippen MR) is 336 cm³/mol. The number of anilines is 5. The maximum atomic E-state index is 13.5. The van der Waals surface area contributed by atoms with Crippen molar-refractivity contribution in [3.8, 4) is 22.3 Å². The highest BCUT2D eigenvalue weighted by molar-refractivity contribution is 5.98. The summed E-state index contributed by atoms with van der Waals surface area (Å²) in [6, 6.07) is 23.9. The van der Waals surface area contributed by atoms with Gasteiger partial charge in [-0.3, -0.25) is 14.9 Å². The first kappa shape index (κ1) is 67.1. The van der Waals surface area contributed by atoms with Crippen LogP contribution in [0.2, 0.25) is 0 Å². The van der Waals surface area contributed by atoms with Crippen LogP contribution in [0.5, 0.6) is 0 Å². The zero-order valence-corrected chi connectivity index (χ0v) is 52.5. The molecule has 5 N–H and O–H groups in total. The van der Waals surface area contributed by atoms with Gasteiger partial charge in [-0.1, -0.05) is 36.4 Å². The van der Waals surface area contributed by atoms with Crippen molar-refractivity contribution in [2.75, 3.05) is 104 Å². The number of benzene rings is 4. The number of nitrogens with two attached hydrogens (primary N) is 1. The minimum Gasteiger partial charge on any atom is -0.475 e. The van der Waals surface area contributed by atoms with E-state index in [9.17, 15) is 37.5 Å². The molecule has 0 unspecified atom stereocenters. The first-order valence-electron chi connectivity index (χ1n) is 29.6. The molecule has 0 atom stereocenters. The van der Waals surface area contributed by atoms with E-state index in [0.717, 1.165) is 48.4 Å². The van der Waals surface area contributed by atoms with Crippen molar-refractivity contribution in [3.63, 3.8) is 0 Å². The second-order valence-corrected chi connectivity index (χ2v) is 24.6. The number of carbonyl (C=O) groups is 6. The molecule has 3 aliphatic rings. The number of aromatic carboxylic acids is 1. The van der Waals surface area contributed by atoms with E-state index in [-0.39, 0.29) is 77.5 Å². The summed E-state index contributed by atoms with van der Waals surface area (Å²) >= 11 is 0. The van der Waals surface area contributed by atoms with Crippen molar-refractivity contribution >= 4 is 65.2 Å². The molecule has 24 nitrogen and oxygen atoms in total. The number of nitrogen functional groups attached to an aromatic ring is 1. The molecule has 7 aromatic rings. The molecular formula is C65H77F2N11O13. The van der Waals surface area contributed by atoms with Crippen LogP contribution in [0.4, 0.5) is 52.6 Å². The maximum Gasteiger partial charge on any atom is 0.412 e. The Morgan fingerprint density at radius 1 is 0.516 bits per heavy atom. The quantitative estimate of drug-likeness (QED) is 0.0474.